The number of rotatable bonds is 2. The largest absolute Gasteiger partial charge is 0.573 e. The molecule has 0 heterocycles. The third kappa shape index (κ3) is 3.63. The van der Waals surface area contributed by atoms with Crippen molar-refractivity contribution in [2.45, 2.75) is 36.4 Å². The van der Waals surface area contributed by atoms with E-state index in [1.165, 1.54) is 12.1 Å². The van der Waals surface area contributed by atoms with E-state index in [9.17, 15) is 13.2 Å². The van der Waals surface area contributed by atoms with Gasteiger partial charge in [-0.3, -0.25) is 0 Å². The second kappa shape index (κ2) is 4.88. The van der Waals surface area contributed by atoms with Crippen molar-refractivity contribution in [2.75, 3.05) is 0 Å². The second-order valence-corrected chi connectivity index (χ2v) is 5.52. The number of alkyl halides is 4. The minimum absolute atomic E-state index is 0.131. The molecule has 5 heteroatoms. The average molecular weight is 309 g/mol. The lowest BCUT2D eigenvalue weighted by Gasteiger charge is -2.13. The molecular weight excluding hydrogens is 297 g/mol. The Labute approximate surface area is 106 Å². The normalized spacial score (nSPS) is 24.9. The lowest BCUT2D eigenvalue weighted by Crippen LogP contribution is -2.17. The summed E-state index contributed by atoms with van der Waals surface area (Å²) in [6, 6.07) is 6.29. The summed E-state index contributed by atoms with van der Waals surface area (Å²) in [6.45, 7) is 0. The number of benzene rings is 1. The molecule has 2 rings (SSSR count). The monoisotopic (exact) mass is 308 g/mol. The van der Waals surface area contributed by atoms with Crippen LogP contribution < -0.4 is 4.74 Å². The molecule has 1 aliphatic rings. The molecule has 0 spiro atoms. The Balaban J connectivity index is 2.11. The summed E-state index contributed by atoms with van der Waals surface area (Å²) >= 11 is 3.53. The van der Waals surface area contributed by atoms with E-state index >= 15 is 0 Å². The second-order valence-electron chi connectivity index (χ2n) is 4.23. The Bertz CT molecular complexity index is 392. The van der Waals surface area contributed by atoms with Crippen LogP contribution in [0.3, 0.4) is 0 Å². The van der Waals surface area contributed by atoms with Crippen LogP contribution in [0.15, 0.2) is 24.3 Å². The first-order valence-corrected chi connectivity index (χ1v) is 6.35. The van der Waals surface area contributed by atoms with Gasteiger partial charge in [-0.25, -0.2) is 0 Å². The summed E-state index contributed by atoms with van der Waals surface area (Å²) in [7, 11) is 0. The van der Waals surface area contributed by atoms with E-state index in [2.05, 4.69) is 20.7 Å². The molecule has 17 heavy (non-hydrogen) atoms. The van der Waals surface area contributed by atoms with Crippen molar-refractivity contribution >= 4 is 15.9 Å². The molecule has 94 valence electrons. The minimum atomic E-state index is -4.62. The first-order valence-electron chi connectivity index (χ1n) is 5.44. The van der Waals surface area contributed by atoms with Gasteiger partial charge in [0.05, 0.1) is 0 Å². The zero-order chi connectivity index (χ0) is 12.5. The van der Waals surface area contributed by atoms with Crippen LogP contribution in [0.2, 0.25) is 0 Å². The van der Waals surface area contributed by atoms with Crippen molar-refractivity contribution in [3.05, 3.63) is 29.8 Å². The Morgan fingerprint density at radius 3 is 2.59 bits per heavy atom. The number of halogens is 4. The first-order chi connectivity index (χ1) is 7.94. The first kappa shape index (κ1) is 12.7. The highest BCUT2D eigenvalue weighted by Gasteiger charge is 2.31. The van der Waals surface area contributed by atoms with Crippen LogP contribution in [0, 0.1) is 0 Å². The van der Waals surface area contributed by atoms with Crippen LogP contribution >= 0.6 is 15.9 Å². The van der Waals surface area contributed by atoms with Crippen molar-refractivity contribution in [2.24, 2.45) is 0 Å². The summed E-state index contributed by atoms with van der Waals surface area (Å²) in [6.07, 6.45) is -1.58. The van der Waals surface area contributed by atoms with Crippen molar-refractivity contribution in [1.29, 1.82) is 0 Å². The molecule has 0 bridgehead atoms. The Kier molecular flexibility index (Phi) is 3.66. The quantitative estimate of drug-likeness (QED) is 0.725. The molecule has 0 amide bonds. The highest BCUT2D eigenvalue weighted by atomic mass is 79.9. The predicted octanol–water partition coefficient (Wildman–Crippen LogP) is 4.62. The van der Waals surface area contributed by atoms with Gasteiger partial charge in [0, 0.05) is 4.83 Å². The zero-order valence-electron chi connectivity index (χ0n) is 9.01. The minimum Gasteiger partial charge on any atom is -0.406 e. The Morgan fingerprint density at radius 2 is 2.00 bits per heavy atom. The van der Waals surface area contributed by atoms with E-state index in [0.717, 1.165) is 24.8 Å². The van der Waals surface area contributed by atoms with Crippen molar-refractivity contribution in [3.63, 3.8) is 0 Å². The fourth-order valence-electron chi connectivity index (χ4n) is 2.19. The topological polar surface area (TPSA) is 9.23 Å². The number of ether oxygens (including phenoxy) is 1. The van der Waals surface area contributed by atoms with E-state index in [1.54, 1.807) is 6.07 Å². The molecule has 1 aliphatic carbocycles. The van der Waals surface area contributed by atoms with Gasteiger partial charge in [0.2, 0.25) is 0 Å². The average Bonchev–Trinajstić information content (AvgIpc) is 2.63. The smallest absolute Gasteiger partial charge is 0.406 e. The fraction of sp³-hybridized carbons (Fsp3) is 0.500. The SMILES string of the molecule is FC(F)(F)Oc1cccc(C2CCC(Br)C2)c1. The van der Waals surface area contributed by atoms with E-state index in [0.29, 0.717) is 10.7 Å². The van der Waals surface area contributed by atoms with Gasteiger partial charge in [0.15, 0.2) is 0 Å². The molecule has 0 N–H and O–H groups in total. The molecule has 0 saturated heterocycles. The summed E-state index contributed by atoms with van der Waals surface area (Å²) in [5.41, 5.74) is 0.925. The molecule has 1 aromatic carbocycles. The lowest BCUT2D eigenvalue weighted by molar-refractivity contribution is -0.274. The van der Waals surface area contributed by atoms with Crippen molar-refractivity contribution < 1.29 is 17.9 Å². The number of hydrogen-bond donors (Lipinski definition) is 0. The fourth-order valence-corrected chi connectivity index (χ4v) is 2.91. The molecule has 1 aromatic rings. The third-order valence-electron chi connectivity index (χ3n) is 2.93. The standard InChI is InChI=1S/C12H12BrF3O/c13-10-5-4-9(6-10)8-2-1-3-11(7-8)17-12(14,15)16/h1-3,7,9-10H,4-6H2. The van der Waals surface area contributed by atoms with Gasteiger partial charge in [-0.1, -0.05) is 28.1 Å². The Hall–Kier alpha value is -0.710. The number of hydrogen-bond acceptors (Lipinski definition) is 1. The van der Waals surface area contributed by atoms with E-state index in [4.69, 9.17) is 0 Å². The maximum Gasteiger partial charge on any atom is 0.573 e. The van der Waals surface area contributed by atoms with Gasteiger partial charge >= 0.3 is 6.36 Å². The lowest BCUT2D eigenvalue weighted by atomic mass is 9.98. The van der Waals surface area contributed by atoms with Crippen LogP contribution in [0.4, 0.5) is 13.2 Å². The highest BCUT2D eigenvalue weighted by molar-refractivity contribution is 9.09. The van der Waals surface area contributed by atoms with E-state index < -0.39 is 6.36 Å². The van der Waals surface area contributed by atoms with Crippen LogP contribution in [0.1, 0.15) is 30.7 Å². The van der Waals surface area contributed by atoms with Crippen molar-refractivity contribution in [3.8, 4) is 5.75 Å². The van der Waals surface area contributed by atoms with Gasteiger partial charge < -0.3 is 4.74 Å². The van der Waals surface area contributed by atoms with Crippen LogP contribution in [0.5, 0.6) is 5.75 Å². The summed E-state index contributed by atoms with van der Waals surface area (Å²) in [4.78, 5) is 0.472. The van der Waals surface area contributed by atoms with Crippen molar-refractivity contribution in [1.82, 2.24) is 0 Å². The van der Waals surface area contributed by atoms with Gasteiger partial charge in [-0.05, 0) is 42.9 Å². The van der Waals surface area contributed by atoms with Crippen LogP contribution in [-0.2, 0) is 0 Å². The maximum absolute atomic E-state index is 12.1. The summed E-state index contributed by atoms with van der Waals surface area (Å²) in [5, 5.41) is 0. The molecule has 1 fully saturated rings. The Morgan fingerprint density at radius 1 is 1.24 bits per heavy atom. The third-order valence-corrected chi connectivity index (χ3v) is 3.76. The molecule has 2 atom stereocenters. The van der Waals surface area contributed by atoms with Gasteiger partial charge in [-0.2, -0.15) is 0 Å². The van der Waals surface area contributed by atoms with Gasteiger partial charge in [-0.15, -0.1) is 13.2 Å². The predicted molar refractivity (Wildman–Crippen MR) is 62.4 cm³/mol. The summed E-state index contributed by atoms with van der Waals surface area (Å²) < 4.78 is 40.2. The maximum atomic E-state index is 12.1. The molecule has 2 unspecified atom stereocenters. The molecule has 1 saturated carbocycles. The molecule has 1 nitrogen and oxygen atoms in total. The molecule has 0 aromatic heterocycles. The highest BCUT2D eigenvalue weighted by Crippen LogP contribution is 2.39. The molecular formula is C12H12BrF3O. The zero-order valence-corrected chi connectivity index (χ0v) is 10.6. The van der Waals surface area contributed by atoms with Gasteiger partial charge in [0.25, 0.3) is 0 Å². The van der Waals surface area contributed by atoms with Gasteiger partial charge in [0.1, 0.15) is 5.75 Å². The molecule has 0 aliphatic heterocycles. The van der Waals surface area contributed by atoms with Crippen LogP contribution in [-0.4, -0.2) is 11.2 Å². The van der Waals surface area contributed by atoms with E-state index in [-0.39, 0.29) is 5.75 Å². The summed E-state index contributed by atoms with van der Waals surface area (Å²) in [5.74, 6) is 0.198. The van der Waals surface area contributed by atoms with Crippen LogP contribution in [0.25, 0.3) is 0 Å². The molecule has 0 radical (unpaired) electrons. The van der Waals surface area contributed by atoms with E-state index in [1.807, 2.05) is 6.07 Å².